The molecule has 0 aliphatic heterocycles. The molecule has 88 valence electrons. The average Bonchev–Trinajstić information content (AvgIpc) is 2.67. The van der Waals surface area contributed by atoms with Crippen molar-refractivity contribution < 1.29 is 4.79 Å². The summed E-state index contributed by atoms with van der Waals surface area (Å²) in [7, 11) is 0. The lowest BCUT2D eigenvalue weighted by Crippen LogP contribution is -2.20. The van der Waals surface area contributed by atoms with E-state index >= 15 is 0 Å². The van der Waals surface area contributed by atoms with Crippen molar-refractivity contribution in [1.82, 2.24) is 30.2 Å². The second kappa shape index (κ2) is 5.02. The molecule has 1 N–H and O–H groups in total. The van der Waals surface area contributed by atoms with Gasteiger partial charge in [-0.25, -0.2) is 14.6 Å². The van der Waals surface area contributed by atoms with Crippen molar-refractivity contribution in [2.75, 3.05) is 5.32 Å². The number of hydrogen-bond donors (Lipinski definition) is 1. The molecule has 2 heterocycles. The molecule has 0 bridgehead atoms. The number of hydrogen-bond acceptors (Lipinski definition) is 6. The average molecular weight is 274 g/mol. The van der Waals surface area contributed by atoms with E-state index in [0.717, 1.165) is 0 Å². The highest BCUT2D eigenvalue weighted by Gasteiger charge is 2.07. The van der Waals surface area contributed by atoms with E-state index in [0.29, 0.717) is 0 Å². The normalized spacial score (nSPS) is 10.2. The number of aromatic nitrogens is 6. The molecule has 0 spiro atoms. The van der Waals surface area contributed by atoms with Crippen LogP contribution in [0.3, 0.4) is 0 Å². The Balaban J connectivity index is 2.03. The first kappa shape index (κ1) is 11.7. The van der Waals surface area contributed by atoms with Crippen molar-refractivity contribution in [3.63, 3.8) is 0 Å². The van der Waals surface area contributed by atoms with Crippen LogP contribution < -0.4 is 5.32 Å². The summed E-state index contributed by atoms with van der Waals surface area (Å²) in [4.78, 5) is 19.0. The van der Waals surface area contributed by atoms with Crippen LogP contribution in [0.25, 0.3) is 0 Å². The van der Waals surface area contributed by atoms with Gasteiger partial charge in [0.2, 0.25) is 11.2 Å². The molecule has 0 unspecified atom stereocenters. The second-order valence-corrected chi connectivity index (χ2v) is 3.63. The van der Waals surface area contributed by atoms with Gasteiger partial charge >= 0.3 is 0 Å². The molecule has 0 saturated carbocycles. The quantitative estimate of drug-likeness (QED) is 0.642. The summed E-state index contributed by atoms with van der Waals surface area (Å²) < 4.78 is 1.26. The van der Waals surface area contributed by atoms with Crippen LogP contribution in [0.15, 0.2) is 12.4 Å². The summed E-state index contributed by atoms with van der Waals surface area (Å²) in [5.74, 6) is -0.142. The standard InChI is InChI=1S/C7H5Cl2N7O/c8-4-1-5(13-7(9)11-4)12-6(17)2-16-3-10-14-15-16/h1,3H,2H2,(H,11,12,13,17). The van der Waals surface area contributed by atoms with Crippen molar-refractivity contribution in [1.29, 1.82) is 0 Å². The predicted octanol–water partition coefficient (Wildman–Crippen LogP) is 0.409. The minimum absolute atomic E-state index is 0.0355. The van der Waals surface area contributed by atoms with E-state index in [2.05, 4.69) is 30.8 Å². The molecule has 2 aromatic heterocycles. The first-order valence-corrected chi connectivity index (χ1v) is 5.10. The van der Waals surface area contributed by atoms with Crippen molar-refractivity contribution in [3.8, 4) is 0 Å². The molecule has 0 saturated heterocycles. The molecule has 1 amide bonds. The van der Waals surface area contributed by atoms with E-state index in [4.69, 9.17) is 23.2 Å². The first-order chi connectivity index (χ1) is 8.13. The zero-order valence-corrected chi connectivity index (χ0v) is 9.72. The highest BCUT2D eigenvalue weighted by Crippen LogP contribution is 2.14. The molecule has 0 aliphatic carbocycles. The smallest absolute Gasteiger partial charge is 0.247 e. The molecule has 2 rings (SSSR count). The topological polar surface area (TPSA) is 98.5 Å². The van der Waals surface area contributed by atoms with Gasteiger partial charge in [-0.1, -0.05) is 11.6 Å². The van der Waals surface area contributed by atoms with Crippen LogP contribution in [0.2, 0.25) is 10.4 Å². The Labute approximate surface area is 105 Å². The summed E-state index contributed by atoms with van der Waals surface area (Å²) >= 11 is 11.2. The maximum absolute atomic E-state index is 11.5. The molecule has 10 heteroatoms. The number of amides is 1. The largest absolute Gasteiger partial charge is 0.309 e. The molecule has 0 radical (unpaired) electrons. The van der Waals surface area contributed by atoms with Gasteiger partial charge in [-0.15, -0.1) is 5.10 Å². The van der Waals surface area contributed by atoms with Crippen LogP contribution in [0.1, 0.15) is 0 Å². The van der Waals surface area contributed by atoms with Gasteiger partial charge in [0.25, 0.3) is 0 Å². The van der Waals surface area contributed by atoms with Crippen LogP contribution >= 0.6 is 23.2 Å². The van der Waals surface area contributed by atoms with Crippen LogP contribution in [0.4, 0.5) is 5.82 Å². The Morgan fingerprint density at radius 1 is 1.41 bits per heavy atom. The number of carbonyl (C=O) groups is 1. The summed E-state index contributed by atoms with van der Waals surface area (Å²) in [5.41, 5.74) is 0. The van der Waals surface area contributed by atoms with E-state index in [1.807, 2.05) is 0 Å². The number of rotatable bonds is 3. The zero-order valence-electron chi connectivity index (χ0n) is 8.21. The van der Waals surface area contributed by atoms with E-state index in [-0.39, 0.29) is 28.7 Å². The van der Waals surface area contributed by atoms with Crippen LogP contribution in [-0.2, 0) is 11.3 Å². The number of anilines is 1. The Bertz CT molecular complexity index is 509. The van der Waals surface area contributed by atoms with E-state index in [1.54, 1.807) is 0 Å². The Kier molecular flexibility index (Phi) is 3.45. The highest BCUT2D eigenvalue weighted by molar-refractivity contribution is 6.32. The van der Waals surface area contributed by atoms with E-state index < -0.39 is 0 Å². The van der Waals surface area contributed by atoms with Gasteiger partial charge in [0.05, 0.1) is 0 Å². The van der Waals surface area contributed by atoms with Crippen molar-refractivity contribution in [2.24, 2.45) is 0 Å². The van der Waals surface area contributed by atoms with Crippen molar-refractivity contribution >= 4 is 34.9 Å². The van der Waals surface area contributed by atoms with Gasteiger partial charge in [-0.3, -0.25) is 4.79 Å². The minimum atomic E-state index is -0.358. The van der Waals surface area contributed by atoms with Crippen molar-refractivity contribution in [2.45, 2.75) is 6.54 Å². The molecule has 0 atom stereocenters. The third-order valence-corrected chi connectivity index (χ3v) is 1.99. The Morgan fingerprint density at radius 2 is 2.24 bits per heavy atom. The van der Waals surface area contributed by atoms with Gasteiger partial charge in [-0.05, 0) is 22.0 Å². The number of nitrogens with zero attached hydrogens (tertiary/aromatic N) is 6. The number of halogens is 2. The Morgan fingerprint density at radius 3 is 2.88 bits per heavy atom. The van der Waals surface area contributed by atoms with Gasteiger partial charge in [0.1, 0.15) is 23.8 Å². The lowest BCUT2D eigenvalue weighted by molar-refractivity contribution is -0.116. The number of carbonyl (C=O) groups excluding carboxylic acids is 1. The fraction of sp³-hybridized carbons (Fsp3) is 0.143. The van der Waals surface area contributed by atoms with Gasteiger partial charge < -0.3 is 5.32 Å². The van der Waals surface area contributed by atoms with Crippen LogP contribution in [-0.4, -0.2) is 36.1 Å². The van der Waals surface area contributed by atoms with Crippen molar-refractivity contribution in [3.05, 3.63) is 22.8 Å². The third kappa shape index (κ3) is 3.33. The summed E-state index contributed by atoms with van der Waals surface area (Å²) in [6, 6.07) is 1.38. The molecule has 2 aromatic rings. The van der Waals surface area contributed by atoms with E-state index in [1.165, 1.54) is 17.1 Å². The molecular formula is C7H5Cl2N7O. The fourth-order valence-electron chi connectivity index (χ4n) is 1.04. The van der Waals surface area contributed by atoms with Crippen LogP contribution in [0.5, 0.6) is 0 Å². The third-order valence-electron chi connectivity index (χ3n) is 1.63. The lowest BCUT2D eigenvalue weighted by Gasteiger charge is -2.04. The molecule has 0 aliphatic rings. The van der Waals surface area contributed by atoms with Crippen LogP contribution in [0, 0.1) is 0 Å². The Hall–Kier alpha value is -1.80. The minimum Gasteiger partial charge on any atom is -0.309 e. The number of nitrogens with one attached hydrogen (secondary N) is 1. The second-order valence-electron chi connectivity index (χ2n) is 2.90. The molecule has 0 fully saturated rings. The molecule has 8 nitrogen and oxygen atoms in total. The maximum Gasteiger partial charge on any atom is 0.247 e. The summed E-state index contributed by atoms with van der Waals surface area (Å²) in [6.07, 6.45) is 1.32. The highest BCUT2D eigenvalue weighted by atomic mass is 35.5. The fourth-order valence-corrected chi connectivity index (χ4v) is 1.44. The molecular weight excluding hydrogens is 269 g/mol. The van der Waals surface area contributed by atoms with Gasteiger partial charge in [0, 0.05) is 6.07 Å². The lowest BCUT2D eigenvalue weighted by atomic mass is 10.5. The van der Waals surface area contributed by atoms with E-state index in [9.17, 15) is 4.79 Å². The predicted molar refractivity (Wildman–Crippen MR) is 58.5 cm³/mol. The molecule has 0 aromatic carbocycles. The summed E-state index contributed by atoms with van der Waals surface area (Å²) in [5, 5.41) is 12.9. The van der Waals surface area contributed by atoms with Gasteiger partial charge in [-0.2, -0.15) is 0 Å². The monoisotopic (exact) mass is 273 g/mol. The molecule has 17 heavy (non-hydrogen) atoms. The van der Waals surface area contributed by atoms with Gasteiger partial charge in [0.15, 0.2) is 0 Å². The zero-order chi connectivity index (χ0) is 12.3. The first-order valence-electron chi connectivity index (χ1n) is 4.34. The number of tetrazole rings is 1. The summed E-state index contributed by atoms with van der Waals surface area (Å²) in [6.45, 7) is -0.0355. The SMILES string of the molecule is O=C(Cn1cnnn1)Nc1cc(Cl)nc(Cl)n1. The maximum atomic E-state index is 11.5.